The van der Waals surface area contributed by atoms with Gasteiger partial charge in [0.2, 0.25) is 0 Å². The molecule has 11 heavy (non-hydrogen) atoms. The van der Waals surface area contributed by atoms with Gasteiger partial charge in [-0.2, -0.15) is 0 Å². The van der Waals surface area contributed by atoms with E-state index in [1.165, 1.54) is 0 Å². The molecule has 0 aliphatic rings. The summed E-state index contributed by atoms with van der Waals surface area (Å²) < 4.78 is 4.03. The maximum absolute atomic E-state index is 10.2. The standard InChI is InChI=1S/C6H6O3.Ca.Mg.4H/c1-3-5(7)9-6(8)4-2;;;;;;/h3-4H,1-2H2;;;;;;. The molecule has 0 atom stereocenters. The predicted octanol–water partition coefficient (Wildman–Crippen LogP) is -1.40. The molecule has 0 aliphatic heterocycles. The number of rotatable bonds is 2. The summed E-state index contributed by atoms with van der Waals surface area (Å²) in [6, 6.07) is 0. The van der Waals surface area contributed by atoms with Crippen molar-refractivity contribution in [3.8, 4) is 0 Å². The van der Waals surface area contributed by atoms with E-state index in [1.807, 2.05) is 0 Å². The maximum atomic E-state index is 10.2. The van der Waals surface area contributed by atoms with Gasteiger partial charge in [-0.3, -0.25) is 0 Å². The molecule has 3 nitrogen and oxygen atoms in total. The first kappa shape index (κ1) is 17.7. The fourth-order valence-corrected chi connectivity index (χ4v) is 0.182. The summed E-state index contributed by atoms with van der Waals surface area (Å²) in [5.41, 5.74) is 0. The average molecular weight is 195 g/mol. The summed E-state index contributed by atoms with van der Waals surface area (Å²) in [5.74, 6) is -1.53. The smallest absolute Gasteiger partial charge is 0.316 e. The van der Waals surface area contributed by atoms with Gasteiger partial charge >= 0.3 is 72.7 Å². The quantitative estimate of drug-likeness (QED) is 0.235. The second kappa shape index (κ2) is 10.6. The van der Waals surface area contributed by atoms with E-state index in [9.17, 15) is 9.59 Å². The van der Waals surface area contributed by atoms with Gasteiger partial charge < -0.3 is 4.74 Å². The van der Waals surface area contributed by atoms with E-state index in [0.29, 0.717) is 0 Å². The van der Waals surface area contributed by atoms with Crippen molar-refractivity contribution < 1.29 is 14.3 Å². The first-order valence-electron chi connectivity index (χ1n) is 2.21. The Kier molecular flexibility index (Phi) is 17.1. The number of esters is 2. The zero-order chi connectivity index (χ0) is 7.28. The third-order valence-electron chi connectivity index (χ3n) is 0.535. The predicted molar refractivity (Wildman–Crippen MR) is 48.6 cm³/mol. The third-order valence-corrected chi connectivity index (χ3v) is 0.535. The Balaban J connectivity index is -0.000000320. The molecule has 0 rings (SSSR count). The van der Waals surface area contributed by atoms with Gasteiger partial charge in [-0.05, 0) is 0 Å². The van der Waals surface area contributed by atoms with E-state index in [1.54, 1.807) is 0 Å². The van der Waals surface area contributed by atoms with Crippen LogP contribution in [-0.2, 0) is 14.3 Å². The Morgan fingerprint density at radius 2 is 1.36 bits per heavy atom. The molecule has 5 heteroatoms. The van der Waals surface area contributed by atoms with Crippen LogP contribution in [-0.4, -0.2) is 72.7 Å². The Labute approximate surface area is 111 Å². The minimum atomic E-state index is -0.764. The largest absolute Gasteiger partial charge is 0.316 e. The van der Waals surface area contributed by atoms with Crippen LogP contribution in [0.4, 0.5) is 0 Å². The van der Waals surface area contributed by atoms with E-state index >= 15 is 0 Å². The number of ether oxygens (including phenoxy) is 1. The van der Waals surface area contributed by atoms with Crippen LogP contribution in [0.1, 0.15) is 0 Å². The van der Waals surface area contributed by atoms with Crippen molar-refractivity contribution in [2.45, 2.75) is 0 Å². The molecule has 0 radical (unpaired) electrons. The van der Waals surface area contributed by atoms with Gasteiger partial charge in [-0.15, -0.1) is 0 Å². The molecule has 0 aromatic rings. The van der Waals surface area contributed by atoms with Crippen molar-refractivity contribution in [3.63, 3.8) is 0 Å². The second-order valence-electron chi connectivity index (χ2n) is 1.15. The van der Waals surface area contributed by atoms with Gasteiger partial charge in [0, 0.05) is 12.2 Å². The molecule has 0 saturated carbocycles. The molecule has 0 aromatic carbocycles. The van der Waals surface area contributed by atoms with E-state index < -0.39 is 11.9 Å². The third kappa shape index (κ3) is 10.6. The van der Waals surface area contributed by atoms with Crippen molar-refractivity contribution >= 4 is 72.7 Å². The first-order chi connectivity index (χ1) is 4.20. The Morgan fingerprint density at radius 1 is 1.09 bits per heavy atom. The minimum Gasteiger partial charge on any atom is 0.316 e. The molecule has 0 bridgehead atoms. The van der Waals surface area contributed by atoms with Crippen molar-refractivity contribution in [1.82, 2.24) is 0 Å². The molecule has 0 fully saturated rings. The van der Waals surface area contributed by atoms with Gasteiger partial charge in [0.1, 0.15) is 0 Å². The summed E-state index contributed by atoms with van der Waals surface area (Å²) in [6.45, 7) is 6.17. The molecule has 0 spiro atoms. The molecular weight excluding hydrogens is 184 g/mol. The van der Waals surface area contributed by atoms with Crippen LogP contribution >= 0.6 is 0 Å². The number of carbonyl (C=O) groups excluding carboxylic acids is 2. The van der Waals surface area contributed by atoms with Crippen LogP contribution in [0, 0.1) is 0 Å². The SMILES string of the molecule is C=CC(=O)OC(=O)C=C.[CaH2].[MgH2]. The van der Waals surface area contributed by atoms with E-state index in [4.69, 9.17) is 0 Å². The Bertz CT molecular complexity index is 149. The molecule has 0 unspecified atom stereocenters. The molecule has 0 N–H and O–H groups in total. The number of hydrogen-bond donors (Lipinski definition) is 0. The molecular formula is C6H10CaMgO3. The van der Waals surface area contributed by atoms with Gasteiger partial charge in [-0.25, -0.2) is 9.59 Å². The van der Waals surface area contributed by atoms with Crippen LogP contribution < -0.4 is 0 Å². The Hall–Kier alpha value is 0.646. The maximum Gasteiger partial charge on any atom is 0.316 e. The van der Waals surface area contributed by atoms with Crippen molar-refractivity contribution in [1.29, 1.82) is 0 Å². The number of carbonyl (C=O) groups is 2. The summed E-state index contributed by atoms with van der Waals surface area (Å²) in [4.78, 5) is 20.3. The van der Waals surface area contributed by atoms with Crippen molar-refractivity contribution in [2.75, 3.05) is 0 Å². The van der Waals surface area contributed by atoms with E-state index in [2.05, 4.69) is 17.9 Å². The summed E-state index contributed by atoms with van der Waals surface area (Å²) in [7, 11) is 0. The van der Waals surface area contributed by atoms with Crippen molar-refractivity contribution in [3.05, 3.63) is 25.3 Å². The topological polar surface area (TPSA) is 43.4 Å². The van der Waals surface area contributed by atoms with E-state index in [-0.39, 0.29) is 60.8 Å². The monoisotopic (exact) mass is 194 g/mol. The van der Waals surface area contributed by atoms with Gasteiger partial charge in [0.25, 0.3) is 0 Å². The molecule has 0 aromatic heterocycles. The summed E-state index contributed by atoms with van der Waals surface area (Å²) in [6.07, 6.45) is 1.81. The fourth-order valence-electron chi connectivity index (χ4n) is 0.182. The molecule has 0 saturated heterocycles. The fraction of sp³-hybridized carbons (Fsp3) is 0. The molecule has 56 valence electrons. The van der Waals surface area contributed by atoms with Crippen LogP contribution in [0.5, 0.6) is 0 Å². The number of hydrogen-bond acceptors (Lipinski definition) is 3. The van der Waals surface area contributed by atoms with Crippen molar-refractivity contribution in [2.24, 2.45) is 0 Å². The zero-order valence-electron chi connectivity index (χ0n) is 4.79. The van der Waals surface area contributed by atoms with Gasteiger partial charge in [-0.1, -0.05) is 13.2 Å². The molecule has 0 heterocycles. The van der Waals surface area contributed by atoms with Gasteiger partial charge in [0.05, 0.1) is 0 Å². The second-order valence-corrected chi connectivity index (χ2v) is 1.15. The Morgan fingerprint density at radius 3 is 1.55 bits per heavy atom. The summed E-state index contributed by atoms with van der Waals surface area (Å²) >= 11 is 0. The van der Waals surface area contributed by atoms with E-state index in [0.717, 1.165) is 12.2 Å². The summed E-state index contributed by atoms with van der Waals surface area (Å²) in [5, 5.41) is 0. The first-order valence-corrected chi connectivity index (χ1v) is 2.21. The molecule has 0 amide bonds. The van der Waals surface area contributed by atoms with Crippen LogP contribution in [0.3, 0.4) is 0 Å². The van der Waals surface area contributed by atoms with Crippen LogP contribution in [0.2, 0.25) is 0 Å². The van der Waals surface area contributed by atoms with Crippen LogP contribution in [0.15, 0.2) is 25.3 Å². The normalized spacial score (nSPS) is 6.18. The minimum absolute atomic E-state index is 0. The van der Waals surface area contributed by atoms with Gasteiger partial charge in [0.15, 0.2) is 0 Å². The molecule has 0 aliphatic carbocycles. The zero-order valence-corrected chi connectivity index (χ0v) is 4.79. The average Bonchev–Trinajstić information content (AvgIpc) is 1.87. The van der Waals surface area contributed by atoms with Crippen LogP contribution in [0.25, 0.3) is 0 Å².